The maximum absolute atomic E-state index is 14.8. The predicted molar refractivity (Wildman–Crippen MR) is 113 cm³/mol. The number of nitrogens with zero attached hydrogens (tertiary/aromatic N) is 3. The zero-order valence-corrected chi connectivity index (χ0v) is 17.6. The number of cyclic esters (lactones) is 1. The molecule has 2 amide bonds. The number of carbonyl (C=O) groups excluding carboxylic acids is 2. The van der Waals surface area contributed by atoms with Crippen LogP contribution in [0.1, 0.15) is 33.6 Å². The summed E-state index contributed by atoms with van der Waals surface area (Å²) in [6, 6.07) is 4.73. The number of amides is 2. The molecule has 2 saturated heterocycles. The molecule has 0 radical (unpaired) electrons. The molecule has 1 N–H and O–H groups in total. The van der Waals surface area contributed by atoms with Crippen molar-refractivity contribution in [3.05, 3.63) is 47.2 Å². The average Bonchev–Trinajstić information content (AvgIpc) is 3.07. The fraction of sp³-hybridized carbons (Fsp3) is 0.500. The highest BCUT2D eigenvalue weighted by molar-refractivity contribution is 5.90. The van der Waals surface area contributed by atoms with E-state index in [4.69, 9.17) is 11.3 Å². The predicted octanol–water partition coefficient (Wildman–Crippen LogP) is 3.72. The van der Waals surface area contributed by atoms with Gasteiger partial charge in [-0.25, -0.2) is 14.0 Å². The van der Waals surface area contributed by atoms with Gasteiger partial charge in [-0.05, 0) is 31.0 Å². The van der Waals surface area contributed by atoms with Gasteiger partial charge >= 0.3 is 6.09 Å². The summed E-state index contributed by atoms with van der Waals surface area (Å²) >= 11 is 0. The maximum atomic E-state index is 14.8. The first-order valence-electron chi connectivity index (χ1n) is 10.0. The highest BCUT2D eigenvalue weighted by atomic mass is 19.1. The van der Waals surface area contributed by atoms with Crippen LogP contribution in [0.5, 0.6) is 0 Å². The molecule has 1 aromatic carbocycles. The largest absolute Gasteiger partial charge is 0.442 e. The molecule has 1 aromatic rings. The van der Waals surface area contributed by atoms with Crippen LogP contribution in [0.25, 0.3) is 4.85 Å². The van der Waals surface area contributed by atoms with Crippen molar-refractivity contribution >= 4 is 23.4 Å². The van der Waals surface area contributed by atoms with Crippen molar-refractivity contribution in [3.8, 4) is 0 Å². The quantitative estimate of drug-likeness (QED) is 0.763. The Bertz CT molecular complexity index is 891. The first-order chi connectivity index (χ1) is 14.2. The highest BCUT2D eigenvalue weighted by Gasteiger charge is 2.34. The molecule has 0 unspecified atom stereocenters. The van der Waals surface area contributed by atoms with Gasteiger partial charge in [0.1, 0.15) is 11.9 Å². The summed E-state index contributed by atoms with van der Waals surface area (Å²) in [7, 11) is 0. The molecule has 3 rings (SSSR count). The Morgan fingerprint density at radius 3 is 2.67 bits per heavy atom. The van der Waals surface area contributed by atoms with E-state index < -0.39 is 23.4 Å². The van der Waals surface area contributed by atoms with E-state index in [-0.39, 0.29) is 19.0 Å². The van der Waals surface area contributed by atoms with Gasteiger partial charge in [-0.1, -0.05) is 26.3 Å². The van der Waals surface area contributed by atoms with Gasteiger partial charge in [-0.2, -0.15) is 0 Å². The molecule has 1 atom stereocenters. The lowest BCUT2D eigenvalue weighted by Gasteiger charge is -2.31. The van der Waals surface area contributed by atoms with Gasteiger partial charge in [-0.3, -0.25) is 9.69 Å². The zero-order chi connectivity index (χ0) is 21.9. The second-order valence-electron chi connectivity index (χ2n) is 8.62. The van der Waals surface area contributed by atoms with E-state index in [2.05, 4.69) is 10.2 Å². The van der Waals surface area contributed by atoms with E-state index in [0.717, 1.165) is 18.4 Å². The smallest absolute Gasteiger partial charge is 0.414 e. The number of anilines is 2. The molecule has 0 bridgehead atoms. The fourth-order valence-electron chi connectivity index (χ4n) is 3.49. The maximum Gasteiger partial charge on any atom is 0.414 e. The van der Waals surface area contributed by atoms with E-state index in [1.807, 2.05) is 25.7 Å². The topological polar surface area (TPSA) is 66.2 Å². The van der Waals surface area contributed by atoms with Crippen LogP contribution < -0.4 is 15.1 Å². The van der Waals surface area contributed by atoms with Crippen LogP contribution in [-0.4, -0.2) is 44.3 Å². The molecule has 8 heteroatoms. The van der Waals surface area contributed by atoms with Crippen LogP contribution >= 0.6 is 0 Å². The molecule has 0 aliphatic carbocycles. The second kappa shape index (κ2) is 8.74. The van der Waals surface area contributed by atoms with Gasteiger partial charge in [0.15, 0.2) is 6.20 Å². The van der Waals surface area contributed by atoms with Gasteiger partial charge in [0.2, 0.25) is 5.91 Å². The van der Waals surface area contributed by atoms with Crippen molar-refractivity contribution in [2.75, 3.05) is 36.0 Å². The van der Waals surface area contributed by atoms with Crippen LogP contribution in [0.15, 0.2) is 30.0 Å². The molecule has 0 aromatic heterocycles. The molecule has 2 heterocycles. The molecular formula is C22H27FN4O3. The Balaban J connectivity index is 1.62. The van der Waals surface area contributed by atoms with Crippen molar-refractivity contribution in [3.63, 3.8) is 0 Å². The summed E-state index contributed by atoms with van der Waals surface area (Å²) in [5.74, 6) is -0.522. The summed E-state index contributed by atoms with van der Waals surface area (Å²) in [4.78, 5) is 30.9. The first-order valence-corrected chi connectivity index (χ1v) is 10.0. The van der Waals surface area contributed by atoms with Gasteiger partial charge in [0.05, 0.1) is 31.0 Å². The normalized spacial score (nSPS) is 19.4. The third-order valence-electron chi connectivity index (χ3n) is 5.28. The third-order valence-corrected chi connectivity index (χ3v) is 5.28. The number of piperidine rings is 1. The molecule has 2 aliphatic heterocycles. The summed E-state index contributed by atoms with van der Waals surface area (Å²) in [6.07, 6.45) is 2.00. The Hall–Kier alpha value is -3.08. The van der Waals surface area contributed by atoms with Crippen molar-refractivity contribution in [1.82, 2.24) is 5.32 Å². The van der Waals surface area contributed by atoms with Gasteiger partial charge in [0, 0.05) is 18.5 Å². The molecular weight excluding hydrogens is 387 g/mol. The number of halogens is 1. The fourth-order valence-corrected chi connectivity index (χ4v) is 3.49. The number of benzene rings is 1. The van der Waals surface area contributed by atoms with E-state index >= 15 is 0 Å². The summed E-state index contributed by atoms with van der Waals surface area (Å²) < 4.78 is 20.1. The van der Waals surface area contributed by atoms with Crippen LogP contribution in [0.4, 0.5) is 20.6 Å². The van der Waals surface area contributed by atoms with Crippen molar-refractivity contribution in [1.29, 1.82) is 0 Å². The lowest BCUT2D eigenvalue weighted by Crippen LogP contribution is -2.40. The van der Waals surface area contributed by atoms with Crippen LogP contribution in [-0.2, 0) is 9.53 Å². The Morgan fingerprint density at radius 1 is 1.37 bits per heavy atom. The number of rotatable bonds is 4. The third kappa shape index (κ3) is 4.90. The first kappa shape index (κ1) is 21.6. The Morgan fingerprint density at radius 2 is 2.07 bits per heavy atom. The SMILES string of the molecule is [C-]#[N+]C=C1CCN(c2ccc(N3C[C@H](CNC(=O)C(C)(C)C)OC3=O)cc2F)CC1. The molecule has 160 valence electrons. The van der Waals surface area contributed by atoms with E-state index in [1.54, 1.807) is 18.3 Å². The highest BCUT2D eigenvalue weighted by Crippen LogP contribution is 2.30. The standard InChI is InChI=1S/C22H27FN4O3/c1-22(2,3)20(28)25-13-17-14-27(21(29)30-17)16-5-6-19(18(23)11-16)26-9-7-15(8-10-26)12-24-4/h5-6,11-12,17H,7-10,13-14H2,1-3H3,(H,25,28)/t17-/m0/s1. The number of nitrogens with one attached hydrogen (secondary N) is 1. The second-order valence-corrected chi connectivity index (χ2v) is 8.62. The lowest BCUT2D eigenvalue weighted by atomic mass is 9.96. The van der Waals surface area contributed by atoms with Crippen LogP contribution in [0.2, 0.25) is 0 Å². The van der Waals surface area contributed by atoms with E-state index in [0.29, 0.717) is 24.5 Å². The zero-order valence-electron chi connectivity index (χ0n) is 17.6. The number of hydrogen-bond acceptors (Lipinski definition) is 4. The summed E-state index contributed by atoms with van der Waals surface area (Å²) in [5.41, 5.74) is 1.48. The van der Waals surface area contributed by atoms with Crippen LogP contribution in [0.3, 0.4) is 0 Å². The number of hydrogen-bond donors (Lipinski definition) is 1. The van der Waals surface area contributed by atoms with Gasteiger partial charge in [-0.15, -0.1) is 0 Å². The van der Waals surface area contributed by atoms with Crippen LogP contribution in [0, 0.1) is 17.8 Å². The lowest BCUT2D eigenvalue weighted by molar-refractivity contribution is -0.128. The van der Waals surface area contributed by atoms with E-state index in [1.165, 1.54) is 11.0 Å². The Labute approximate surface area is 176 Å². The molecule has 0 saturated carbocycles. The minimum atomic E-state index is -0.552. The summed E-state index contributed by atoms with van der Waals surface area (Å²) in [5, 5.41) is 2.79. The minimum absolute atomic E-state index is 0.122. The minimum Gasteiger partial charge on any atom is -0.442 e. The molecule has 7 nitrogen and oxygen atoms in total. The molecule has 0 spiro atoms. The Kier molecular flexibility index (Phi) is 6.30. The number of ether oxygens (including phenoxy) is 1. The monoisotopic (exact) mass is 414 g/mol. The molecule has 2 fully saturated rings. The average molecular weight is 414 g/mol. The van der Waals surface area contributed by atoms with Gasteiger partial charge < -0.3 is 15.0 Å². The molecule has 2 aliphatic rings. The van der Waals surface area contributed by atoms with Crippen molar-refractivity contribution in [2.24, 2.45) is 5.41 Å². The van der Waals surface area contributed by atoms with Gasteiger partial charge in [0.25, 0.3) is 0 Å². The summed E-state index contributed by atoms with van der Waals surface area (Å²) in [6.45, 7) is 14.1. The van der Waals surface area contributed by atoms with Crippen molar-refractivity contribution in [2.45, 2.75) is 39.7 Å². The molecule has 30 heavy (non-hydrogen) atoms. The van der Waals surface area contributed by atoms with Crippen molar-refractivity contribution < 1.29 is 18.7 Å². The number of carbonyl (C=O) groups is 2. The van der Waals surface area contributed by atoms with E-state index in [9.17, 15) is 14.0 Å².